The van der Waals surface area contributed by atoms with Gasteiger partial charge in [0.2, 0.25) is 0 Å². The maximum absolute atomic E-state index is 3.79. The lowest BCUT2D eigenvalue weighted by atomic mass is 9.98. The van der Waals surface area contributed by atoms with Gasteiger partial charge in [-0.2, -0.15) is 0 Å². The normalized spacial score (nSPS) is 13.7. The quantitative estimate of drug-likeness (QED) is 0.487. The Morgan fingerprint density at radius 3 is 2.13 bits per heavy atom. The van der Waals surface area contributed by atoms with Gasteiger partial charge in [0, 0.05) is 0 Å². The molecule has 0 aromatic rings. The minimum atomic E-state index is 1.04. The molecule has 0 radical (unpaired) electrons. The van der Waals surface area contributed by atoms with Crippen LogP contribution in [0.25, 0.3) is 0 Å². The van der Waals surface area contributed by atoms with Crippen molar-refractivity contribution in [2.75, 3.05) is 0 Å². The van der Waals surface area contributed by atoms with E-state index in [-0.39, 0.29) is 0 Å². The van der Waals surface area contributed by atoms with Crippen LogP contribution in [-0.2, 0) is 0 Å². The van der Waals surface area contributed by atoms with Crippen molar-refractivity contribution in [3.05, 3.63) is 35.5 Å². The molecule has 0 unspecified atom stereocenters. The zero-order valence-corrected chi connectivity index (χ0v) is 10.9. The molecule has 0 bridgehead atoms. The lowest BCUT2D eigenvalue weighted by Crippen LogP contribution is -1.88. The Hall–Kier alpha value is -0.780. The first-order chi connectivity index (χ1) is 7.15. The lowest BCUT2D eigenvalue weighted by molar-refractivity contribution is 0.836. The second kappa shape index (κ2) is 8.52. The van der Waals surface area contributed by atoms with E-state index in [0.717, 1.165) is 6.42 Å². The van der Waals surface area contributed by atoms with Gasteiger partial charge in [0.1, 0.15) is 0 Å². The molecule has 0 aliphatic heterocycles. The Kier molecular flexibility index (Phi) is 8.08. The highest BCUT2D eigenvalue weighted by Gasteiger charge is 1.99. The third kappa shape index (κ3) is 6.33. The predicted octanol–water partition coefficient (Wildman–Crippen LogP) is 5.43. The second-order valence-corrected chi connectivity index (χ2v) is 4.25. The van der Waals surface area contributed by atoms with Crippen molar-refractivity contribution in [3.8, 4) is 0 Å². The summed E-state index contributed by atoms with van der Waals surface area (Å²) in [5.41, 5.74) is 4.65. The first-order valence-corrected chi connectivity index (χ1v) is 6.05. The monoisotopic (exact) mass is 206 g/mol. The summed E-state index contributed by atoms with van der Waals surface area (Å²) in [6, 6.07) is 0. The Balaban J connectivity index is 4.13. The lowest BCUT2D eigenvalue weighted by Gasteiger charge is -2.08. The summed E-state index contributed by atoms with van der Waals surface area (Å²) in [5, 5.41) is 0. The van der Waals surface area contributed by atoms with Gasteiger partial charge in [-0.25, -0.2) is 0 Å². The molecule has 0 rings (SSSR count). The maximum atomic E-state index is 3.79. The fourth-order valence-corrected chi connectivity index (χ4v) is 1.70. The largest absolute Gasteiger partial charge is 0.103 e. The van der Waals surface area contributed by atoms with Crippen LogP contribution < -0.4 is 0 Å². The smallest absolute Gasteiger partial charge is 0.0142 e. The van der Waals surface area contributed by atoms with Crippen LogP contribution in [0.5, 0.6) is 0 Å². The van der Waals surface area contributed by atoms with E-state index in [1.165, 1.54) is 31.3 Å². The van der Waals surface area contributed by atoms with Crippen molar-refractivity contribution >= 4 is 0 Å². The van der Waals surface area contributed by atoms with Crippen LogP contribution in [0.1, 0.15) is 59.8 Å². The molecule has 0 aliphatic carbocycles. The van der Waals surface area contributed by atoms with Crippen molar-refractivity contribution < 1.29 is 0 Å². The van der Waals surface area contributed by atoms with Crippen LogP contribution in [0, 0.1) is 0 Å². The second-order valence-electron chi connectivity index (χ2n) is 4.25. The van der Waals surface area contributed by atoms with E-state index < -0.39 is 0 Å². The molecule has 0 N–H and O–H groups in total. The van der Waals surface area contributed by atoms with Gasteiger partial charge in [0.05, 0.1) is 0 Å². The molecule has 0 heteroatoms. The number of hydrogen-bond acceptors (Lipinski definition) is 0. The molecular weight excluding hydrogens is 180 g/mol. The molecule has 0 atom stereocenters. The van der Waals surface area contributed by atoms with Crippen LogP contribution in [-0.4, -0.2) is 0 Å². The van der Waals surface area contributed by atoms with E-state index in [1.807, 2.05) is 6.08 Å². The average molecular weight is 206 g/mol. The fourth-order valence-electron chi connectivity index (χ4n) is 1.70. The first kappa shape index (κ1) is 14.2. The van der Waals surface area contributed by atoms with Crippen LogP contribution >= 0.6 is 0 Å². The minimum absolute atomic E-state index is 1.04. The van der Waals surface area contributed by atoms with E-state index in [9.17, 15) is 0 Å². The van der Waals surface area contributed by atoms with Crippen molar-refractivity contribution in [2.24, 2.45) is 0 Å². The van der Waals surface area contributed by atoms with Gasteiger partial charge < -0.3 is 0 Å². The average Bonchev–Trinajstić information content (AvgIpc) is 2.24. The summed E-state index contributed by atoms with van der Waals surface area (Å²) in [4.78, 5) is 0. The van der Waals surface area contributed by atoms with Crippen LogP contribution in [0.4, 0.5) is 0 Å². The third-order valence-corrected chi connectivity index (χ3v) is 2.99. The molecule has 0 spiro atoms. The highest BCUT2D eigenvalue weighted by Crippen LogP contribution is 2.19. The zero-order valence-electron chi connectivity index (χ0n) is 10.9. The highest BCUT2D eigenvalue weighted by atomic mass is 14.1. The molecular formula is C15H26. The summed E-state index contributed by atoms with van der Waals surface area (Å²) in [6.07, 6.45) is 10.2. The van der Waals surface area contributed by atoms with E-state index in [2.05, 4.69) is 40.3 Å². The summed E-state index contributed by atoms with van der Waals surface area (Å²) in [7, 11) is 0. The van der Waals surface area contributed by atoms with E-state index in [1.54, 1.807) is 11.1 Å². The molecule has 0 amide bonds. The minimum Gasteiger partial charge on any atom is -0.103 e. The Morgan fingerprint density at radius 1 is 1.07 bits per heavy atom. The van der Waals surface area contributed by atoms with Crippen LogP contribution in [0.15, 0.2) is 35.5 Å². The van der Waals surface area contributed by atoms with Gasteiger partial charge >= 0.3 is 0 Å². The van der Waals surface area contributed by atoms with Gasteiger partial charge in [-0.15, -0.1) is 6.58 Å². The van der Waals surface area contributed by atoms with Crippen molar-refractivity contribution in [3.63, 3.8) is 0 Å². The van der Waals surface area contributed by atoms with Gasteiger partial charge in [-0.05, 0) is 46.5 Å². The van der Waals surface area contributed by atoms with Gasteiger partial charge in [-0.1, -0.05) is 42.2 Å². The van der Waals surface area contributed by atoms with Crippen molar-refractivity contribution in [1.82, 2.24) is 0 Å². The van der Waals surface area contributed by atoms with Crippen molar-refractivity contribution in [2.45, 2.75) is 59.8 Å². The topological polar surface area (TPSA) is 0 Å². The standard InChI is InChI=1S/C15H26/c1-6-9-13(4)14(5)11-12-15(8-3)10-7-2/h7-8H,2,6,9-12H2,1,3-5H3/b14-13-,15-8-. The molecule has 15 heavy (non-hydrogen) atoms. The summed E-state index contributed by atoms with van der Waals surface area (Å²) in [6.45, 7) is 12.7. The third-order valence-electron chi connectivity index (χ3n) is 2.99. The molecule has 0 aliphatic rings. The van der Waals surface area contributed by atoms with E-state index >= 15 is 0 Å². The summed E-state index contributed by atoms with van der Waals surface area (Å²) in [5.74, 6) is 0. The molecule has 0 saturated carbocycles. The van der Waals surface area contributed by atoms with Crippen LogP contribution in [0.3, 0.4) is 0 Å². The summed E-state index contributed by atoms with van der Waals surface area (Å²) >= 11 is 0. The number of hydrogen-bond donors (Lipinski definition) is 0. The molecule has 0 fully saturated rings. The first-order valence-electron chi connectivity index (χ1n) is 6.05. The molecule has 0 aromatic carbocycles. The Bertz CT molecular complexity index is 241. The highest BCUT2D eigenvalue weighted by molar-refractivity contribution is 5.13. The number of rotatable bonds is 7. The molecule has 0 aromatic heterocycles. The fraction of sp³-hybridized carbons (Fsp3) is 0.600. The Labute approximate surface area is 95.8 Å². The van der Waals surface area contributed by atoms with E-state index in [0.29, 0.717) is 0 Å². The zero-order chi connectivity index (χ0) is 11.7. The van der Waals surface area contributed by atoms with Crippen LogP contribution in [0.2, 0.25) is 0 Å². The molecule has 0 heterocycles. The molecule has 0 nitrogen and oxygen atoms in total. The Morgan fingerprint density at radius 2 is 1.67 bits per heavy atom. The van der Waals surface area contributed by atoms with Gasteiger partial charge in [0.25, 0.3) is 0 Å². The van der Waals surface area contributed by atoms with E-state index in [4.69, 9.17) is 0 Å². The molecule has 0 saturated heterocycles. The predicted molar refractivity (Wildman–Crippen MR) is 71.1 cm³/mol. The number of allylic oxidation sites excluding steroid dienone is 5. The van der Waals surface area contributed by atoms with Gasteiger partial charge in [-0.3, -0.25) is 0 Å². The molecule has 86 valence electrons. The summed E-state index contributed by atoms with van der Waals surface area (Å²) < 4.78 is 0. The van der Waals surface area contributed by atoms with Crippen molar-refractivity contribution in [1.29, 1.82) is 0 Å². The SMILES string of the molecule is C=CC/C(=C/C)CC/C(C)=C(/C)CCC. The maximum Gasteiger partial charge on any atom is -0.0142 e. The van der Waals surface area contributed by atoms with Gasteiger partial charge in [0.15, 0.2) is 0 Å².